The highest BCUT2D eigenvalue weighted by Gasteiger charge is 2.28. The Labute approximate surface area is 329 Å². The van der Waals surface area contributed by atoms with Crippen molar-refractivity contribution < 1.29 is 0 Å². The summed E-state index contributed by atoms with van der Waals surface area (Å²) in [6.45, 7) is 2.30. The molecule has 0 bridgehead atoms. The molecule has 13 aromatic carbocycles. The Hall–Kier alpha value is -7.28. The zero-order chi connectivity index (χ0) is 37.4. The summed E-state index contributed by atoms with van der Waals surface area (Å²) in [6.07, 6.45) is 0. The van der Waals surface area contributed by atoms with E-state index in [0.29, 0.717) is 0 Å². The molecule has 0 atom stereocenters. The first-order chi connectivity index (χ1) is 28.2. The monoisotopic (exact) mass is 718 g/mol. The highest BCUT2D eigenvalue weighted by molar-refractivity contribution is 6.46. The van der Waals surface area contributed by atoms with Gasteiger partial charge in [0.2, 0.25) is 0 Å². The molecular weight excluding hydrogens is 685 g/mol. The average Bonchev–Trinajstić information content (AvgIpc) is 3.77. The summed E-state index contributed by atoms with van der Waals surface area (Å²) >= 11 is 0. The van der Waals surface area contributed by atoms with Gasteiger partial charge in [0, 0.05) is 0 Å². The summed E-state index contributed by atoms with van der Waals surface area (Å²) in [5, 5.41) is 23.7. The molecule has 0 aliphatic rings. The van der Waals surface area contributed by atoms with Gasteiger partial charge in [0.15, 0.2) is 0 Å². The normalized spacial score (nSPS) is 12.3. The molecule has 0 radical (unpaired) electrons. The third-order valence-electron chi connectivity index (χ3n) is 13.1. The summed E-state index contributed by atoms with van der Waals surface area (Å²) in [5.41, 5.74) is 9.01. The Kier molecular flexibility index (Phi) is 6.19. The Balaban J connectivity index is 1.34. The molecule has 0 aliphatic heterocycles. The van der Waals surface area contributed by atoms with E-state index in [2.05, 4.69) is 195 Å². The topological polar surface area (TPSA) is 0 Å². The maximum Gasteiger partial charge on any atom is -0.000697 e. The number of hydrogen-bond acceptors (Lipinski definition) is 0. The summed E-state index contributed by atoms with van der Waals surface area (Å²) in [7, 11) is 0. The molecule has 0 nitrogen and oxygen atoms in total. The Morgan fingerprint density at radius 1 is 0.246 bits per heavy atom. The van der Waals surface area contributed by atoms with Crippen LogP contribution in [0, 0.1) is 6.92 Å². The van der Waals surface area contributed by atoms with Crippen LogP contribution in [0.25, 0.3) is 130 Å². The van der Waals surface area contributed by atoms with Gasteiger partial charge in [0.05, 0.1) is 0 Å². The number of benzene rings is 11. The fraction of sp³-hybridized carbons (Fsp3) is 0.0175. The van der Waals surface area contributed by atoms with Gasteiger partial charge in [-0.1, -0.05) is 176 Å². The van der Waals surface area contributed by atoms with Crippen molar-refractivity contribution in [3.05, 3.63) is 194 Å². The first-order valence-corrected chi connectivity index (χ1v) is 20.0. The van der Waals surface area contributed by atoms with Crippen LogP contribution in [0.5, 0.6) is 0 Å². The van der Waals surface area contributed by atoms with Crippen molar-refractivity contribution in [2.75, 3.05) is 0 Å². The van der Waals surface area contributed by atoms with Gasteiger partial charge in [0.25, 0.3) is 0 Å². The lowest BCUT2D eigenvalue weighted by molar-refractivity contribution is 1.52. The maximum absolute atomic E-state index is 2.53. The van der Waals surface area contributed by atoms with Crippen LogP contribution >= 0.6 is 0 Å². The molecule has 0 aliphatic carbocycles. The highest BCUT2D eigenvalue weighted by atomic mass is 14.3. The SMILES string of the molecule is Cc1c(-c2ccc3c4c(-c5ccccc5)c5cc6c7ccccc7c7cccc(c5c(-c5ccccc5)c4c4cc5ccccc5c2c34)c76)ccc2ccccc12. The second-order valence-electron chi connectivity index (χ2n) is 15.9. The molecule has 0 unspecified atom stereocenters. The zero-order valence-electron chi connectivity index (χ0n) is 31.4. The highest BCUT2D eigenvalue weighted by Crippen LogP contribution is 2.56. The van der Waals surface area contributed by atoms with Crippen molar-refractivity contribution in [2.45, 2.75) is 6.92 Å². The van der Waals surface area contributed by atoms with Gasteiger partial charge in [-0.3, -0.25) is 0 Å². The second-order valence-corrected chi connectivity index (χ2v) is 15.9. The standard InChI is InChI=1S/C57H34/c1-33-38-21-10-8-15-34(38)27-28-39(33)44-29-30-46-55-48(31-37-20-9-11-22-40(37)53(44)55)57-51(36-18-6-3-7-19-36)54-45-26-14-25-43-41-23-12-13-24-42(41)47(52(43)45)32-49(54)50(56(46)57)35-16-4-2-5-17-35/h2-32H,1H3. The molecule has 0 saturated heterocycles. The van der Waals surface area contributed by atoms with Crippen molar-refractivity contribution >= 4 is 97.0 Å². The van der Waals surface area contributed by atoms with E-state index in [0.717, 1.165) is 0 Å². The lowest BCUT2D eigenvalue weighted by Gasteiger charge is -2.19. The lowest BCUT2D eigenvalue weighted by Crippen LogP contribution is -1.91. The van der Waals surface area contributed by atoms with Crippen molar-refractivity contribution in [3.63, 3.8) is 0 Å². The predicted molar refractivity (Wildman–Crippen MR) is 247 cm³/mol. The average molecular weight is 719 g/mol. The molecule has 0 heteroatoms. The number of rotatable bonds is 3. The van der Waals surface area contributed by atoms with Gasteiger partial charge in [-0.15, -0.1) is 0 Å². The Bertz CT molecular complexity index is 3780. The molecule has 13 aromatic rings. The third-order valence-corrected chi connectivity index (χ3v) is 13.1. The number of aryl methyl sites for hydroxylation is 1. The van der Waals surface area contributed by atoms with E-state index in [9.17, 15) is 0 Å². The van der Waals surface area contributed by atoms with Gasteiger partial charge < -0.3 is 0 Å². The third kappa shape index (κ3) is 4.07. The van der Waals surface area contributed by atoms with Gasteiger partial charge in [-0.05, 0) is 155 Å². The lowest BCUT2D eigenvalue weighted by atomic mass is 9.84. The molecule has 13 rings (SSSR count). The van der Waals surface area contributed by atoms with Crippen molar-refractivity contribution in [1.82, 2.24) is 0 Å². The van der Waals surface area contributed by atoms with Crippen LogP contribution in [0.4, 0.5) is 0 Å². The van der Waals surface area contributed by atoms with Crippen LogP contribution in [0.1, 0.15) is 5.56 Å². The van der Waals surface area contributed by atoms with Gasteiger partial charge >= 0.3 is 0 Å². The largest absolute Gasteiger partial charge is 0.0622 e. The number of fused-ring (bicyclic) bond motifs is 11. The van der Waals surface area contributed by atoms with Crippen LogP contribution in [0.15, 0.2) is 188 Å². The molecular formula is C57H34. The minimum absolute atomic E-state index is 1.24. The molecule has 0 saturated carbocycles. The maximum atomic E-state index is 2.53. The second kappa shape index (κ2) is 11.4. The fourth-order valence-corrected chi connectivity index (χ4v) is 10.8. The molecule has 0 N–H and O–H groups in total. The first kappa shape index (κ1) is 31.0. The van der Waals surface area contributed by atoms with Crippen LogP contribution in [0.2, 0.25) is 0 Å². The van der Waals surface area contributed by atoms with Crippen LogP contribution in [-0.4, -0.2) is 0 Å². The molecule has 262 valence electrons. The summed E-state index contributed by atoms with van der Waals surface area (Å²) in [4.78, 5) is 0. The molecule has 0 aromatic heterocycles. The zero-order valence-corrected chi connectivity index (χ0v) is 31.4. The van der Waals surface area contributed by atoms with E-state index >= 15 is 0 Å². The van der Waals surface area contributed by atoms with Gasteiger partial charge in [-0.2, -0.15) is 0 Å². The van der Waals surface area contributed by atoms with Gasteiger partial charge in [-0.25, -0.2) is 0 Å². The smallest absolute Gasteiger partial charge is 0.000697 e. The summed E-state index contributed by atoms with van der Waals surface area (Å²) in [5.74, 6) is 0. The van der Waals surface area contributed by atoms with Crippen LogP contribution in [-0.2, 0) is 0 Å². The molecule has 0 amide bonds. The van der Waals surface area contributed by atoms with E-state index in [1.54, 1.807) is 0 Å². The van der Waals surface area contributed by atoms with E-state index in [4.69, 9.17) is 0 Å². The van der Waals surface area contributed by atoms with E-state index in [1.807, 2.05) is 0 Å². The Morgan fingerprint density at radius 3 is 1.58 bits per heavy atom. The van der Waals surface area contributed by atoms with E-state index in [-0.39, 0.29) is 0 Å². The van der Waals surface area contributed by atoms with Crippen molar-refractivity contribution in [1.29, 1.82) is 0 Å². The first-order valence-electron chi connectivity index (χ1n) is 20.0. The molecule has 0 fully saturated rings. The summed E-state index contributed by atoms with van der Waals surface area (Å²) in [6, 6.07) is 70.6. The van der Waals surface area contributed by atoms with Crippen LogP contribution in [0.3, 0.4) is 0 Å². The number of hydrogen-bond donors (Lipinski definition) is 0. The Morgan fingerprint density at radius 2 is 0.807 bits per heavy atom. The van der Waals surface area contributed by atoms with Gasteiger partial charge in [0.1, 0.15) is 0 Å². The van der Waals surface area contributed by atoms with Crippen LogP contribution < -0.4 is 0 Å². The van der Waals surface area contributed by atoms with Crippen molar-refractivity contribution in [3.8, 4) is 33.4 Å². The molecule has 57 heavy (non-hydrogen) atoms. The van der Waals surface area contributed by atoms with Crippen molar-refractivity contribution in [2.24, 2.45) is 0 Å². The van der Waals surface area contributed by atoms with E-state index in [1.165, 1.54) is 136 Å². The van der Waals surface area contributed by atoms with E-state index < -0.39 is 0 Å². The summed E-state index contributed by atoms with van der Waals surface area (Å²) < 4.78 is 0. The molecule has 0 spiro atoms. The predicted octanol–water partition coefficient (Wildman–Crippen LogP) is 16.3. The fourth-order valence-electron chi connectivity index (χ4n) is 10.8. The molecule has 0 heterocycles. The quantitative estimate of drug-likeness (QED) is 0.160. The minimum Gasteiger partial charge on any atom is -0.0622 e. The minimum atomic E-state index is 1.24.